The number of hydrogen-bond acceptors (Lipinski definition) is 6. The van der Waals surface area contributed by atoms with Crippen molar-refractivity contribution in [1.82, 2.24) is 25.7 Å². The lowest BCUT2D eigenvalue weighted by atomic mass is 9.95. The fraction of sp³-hybridized carbons (Fsp3) is 0.381. The molecule has 3 heterocycles. The number of aromatic hydroxyl groups is 1. The van der Waals surface area contributed by atoms with Crippen LogP contribution in [0.5, 0.6) is 5.75 Å². The van der Waals surface area contributed by atoms with Crippen molar-refractivity contribution in [2.75, 3.05) is 11.9 Å². The lowest BCUT2D eigenvalue weighted by molar-refractivity contribution is 0.431. The van der Waals surface area contributed by atoms with Crippen LogP contribution in [0.4, 0.5) is 5.82 Å². The molecule has 4 unspecified atom stereocenters. The third-order valence-corrected chi connectivity index (χ3v) is 6.22. The van der Waals surface area contributed by atoms with E-state index in [0.29, 0.717) is 23.3 Å². The van der Waals surface area contributed by atoms with Crippen LogP contribution in [0.2, 0.25) is 0 Å². The molecule has 0 spiro atoms. The maximum Gasteiger partial charge on any atom is 0.148 e. The number of fused-ring (bicyclic) bond motifs is 1. The van der Waals surface area contributed by atoms with E-state index in [1.165, 1.54) is 12.8 Å². The van der Waals surface area contributed by atoms with Gasteiger partial charge in [0.1, 0.15) is 11.6 Å². The second kappa shape index (κ2) is 6.91. The Balaban J connectivity index is 1.29. The zero-order valence-electron chi connectivity index (χ0n) is 15.8. The highest BCUT2D eigenvalue weighted by Crippen LogP contribution is 2.39. The third-order valence-electron chi connectivity index (χ3n) is 6.22. The summed E-state index contributed by atoms with van der Waals surface area (Å²) < 4.78 is 0. The summed E-state index contributed by atoms with van der Waals surface area (Å²) in [6.07, 6.45) is 5.88. The molecule has 1 aliphatic heterocycles. The Morgan fingerprint density at radius 3 is 2.75 bits per heavy atom. The van der Waals surface area contributed by atoms with Gasteiger partial charge >= 0.3 is 0 Å². The molecule has 3 aromatic rings. The topological polar surface area (TPSA) is 98.8 Å². The first-order chi connectivity index (χ1) is 13.7. The number of benzene rings is 1. The Kier molecular flexibility index (Phi) is 4.24. The Bertz CT molecular complexity index is 956. The fourth-order valence-electron chi connectivity index (χ4n) is 4.71. The summed E-state index contributed by atoms with van der Waals surface area (Å²) in [5.41, 5.74) is 3.15. The Hall–Kier alpha value is -2.93. The van der Waals surface area contributed by atoms with Gasteiger partial charge in [-0.1, -0.05) is 6.07 Å². The number of hydrogen-bond donors (Lipinski definition) is 4. The van der Waals surface area contributed by atoms with E-state index in [4.69, 9.17) is 0 Å². The maximum absolute atomic E-state index is 10.4. The molecule has 0 bridgehead atoms. The summed E-state index contributed by atoms with van der Waals surface area (Å²) in [5, 5.41) is 32.9. The van der Waals surface area contributed by atoms with E-state index >= 15 is 0 Å². The minimum absolute atomic E-state index is 0.179. The predicted molar refractivity (Wildman–Crippen MR) is 108 cm³/mol. The molecule has 7 nitrogen and oxygen atoms in total. The van der Waals surface area contributed by atoms with Crippen LogP contribution in [-0.2, 0) is 0 Å². The summed E-state index contributed by atoms with van der Waals surface area (Å²) in [4.78, 5) is 0. The lowest BCUT2D eigenvalue weighted by Crippen LogP contribution is -2.26. The molecule has 4 atom stereocenters. The van der Waals surface area contributed by atoms with E-state index in [1.54, 1.807) is 18.5 Å². The Morgan fingerprint density at radius 1 is 1.11 bits per heavy atom. The van der Waals surface area contributed by atoms with Crippen molar-refractivity contribution in [3.8, 4) is 28.1 Å². The Morgan fingerprint density at radius 2 is 2.04 bits per heavy atom. The first-order valence-electron chi connectivity index (χ1n) is 9.83. The van der Waals surface area contributed by atoms with E-state index < -0.39 is 0 Å². The van der Waals surface area contributed by atoms with Gasteiger partial charge in [-0.15, -0.1) is 10.2 Å². The molecule has 0 radical (unpaired) electrons. The fourth-order valence-corrected chi connectivity index (χ4v) is 4.71. The summed E-state index contributed by atoms with van der Waals surface area (Å²) in [6.45, 7) is 3.41. The van der Waals surface area contributed by atoms with Crippen molar-refractivity contribution in [1.29, 1.82) is 0 Å². The van der Waals surface area contributed by atoms with E-state index in [1.807, 2.05) is 24.3 Å². The van der Waals surface area contributed by atoms with Gasteiger partial charge in [0.25, 0.3) is 0 Å². The normalized spacial score (nSPS) is 26.3. The number of aromatic nitrogens is 4. The molecule has 4 N–H and O–H groups in total. The van der Waals surface area contributed by atoms with E-state index in [2.05, 4.69) is 38.0 Å². The van der Waals surface area contributed by atoms with Crippen molar-refractivity contribution < 1.29 is 5.11 Å². The minimum atomic E-state index is 0.179. The second-order valence-corrected chi connectivity index (χ2v) is 7.96. The first-order valence-corrected chi connectivity index (χ1v) is 9.83. The van der Waals surface area contributed by atoms with Crippen LogP contribution in [0, 0.1) is 11.8 Å². The highest BCUT2D eigenvalue weighted by molar-refractivity contribution is 5.73. The number of anilines is 1. The van der Waals surface area contributed by atoms with Crippen LogP contribution >= 0.6 is 0 Å². The molecule has 1 aliphatic carbocycles. The van der Waals surface area contributed by atoms with Gasteiger partial charge in [-0.05, 0) is 68.0 Å². The van der Waals surface area contributed by atoms with Gasteiger partial charge in [-0.2, -0.15) is 5.10 Å². The molecule has 144 valence electrons. The predicted octanol–water partition coefficient (Wildman–Crippen LogP) is 3.04. The van der Waals surface area contributed by atoms with Gasteiger partial charge in [-0.25, -0.2) is 0 Å². The van der Waals surface area contributed by atoms with E-state index in [9.17, 15) is 5.11 Å². The monoisotopic (exact) mass is 376 g/mol. The van der Waals surface area contributed by atoms with Gasteiger partial charge in [0.05, 0.1) is 11.9 Å². The van der Waals surface area contributed by atoms with Crippen LogP contribution in [0.3, 0.4) is 0 Å². The summed E-state index contributed by atoms with van der Waals surface area (Å²) in [5.74, 6) is 2.50. The Labute approximate surface area is 163 Å². The smallest absolute Gasteiger partial charge is 0.148 e. The van der Waals surface area contributed by atoms with Crippen molar-refractivity contribution >= 4 is 5.82 Å². The number of nitrogens with zero attached hydrogens (tertiary/aromatic N) is 3. The lowest BCUT2D eigenvalue weighted by Gasteiger charge is -2.16. The molecule has 2 aromatic heterocycles. The van der Waals surface area contributed by atoms with Crippen LogP contribution in [0.1, 0.15) is 19.8 Å². The molecule has 1 aromatic carbocycles. The highest BCUT2D eigenvalue weighted by Gasteiger charge is 2.41. The van der Waals surface area contributed by atoms with Crippen molar-refractivity contribution in [3.05, 3.63) is 42.7 Å². The molecule has 1 saturated heterocycles. The van der Waals surface area contributed by atoms with Gasteiger partial charge in [0.15, 0.2) is 0 Å². The molecule has 5 rings (SSSR count). The van der Waals surface area contributed by atoms with Gasteiger partial charge in [0.2, 0.25) is 0 Å². The SMILES string of the molecule is CC1NCC2CC(Nc3ccc(-c4ccc(-c5cn[nH]c5)cc4O)nn3)CC21. The van der Waals surface area contributed by atoms with Crippen molar-refractivity contribution in [3.63, 3.8) is 0 Å². The number of aromatic amines is 1. The van der Waals surface area contributed by atoms with Gasteiger partial charge in [0, 0.05) is 29.4 Å². The standard InChI is InChI=1S/C21H24N6O/c1-12-18-8-16(6-14(18)9-22-12)25-21-5-4-19(26-27-21)17-3-2-13(7-20(17)28)15-10-23-24-11-15/h2-5,7,10-12,14,16,18,22,28H,6,8-9H2,1H3,(H,23,24)(H,25,27). The number of rotatable bonds is 4. The largest absolute Gasteiger partial charge is 0.507 e. The number of H-pyrrole nitrogens is 1. The number of phenols is 1. The quantitative estimate of drug-likeness (QED) is 0.559. The molecule has 2 fully saturated rings. The zero-order chi connectivity index (χ0) is 19.1. The molecule has 7 heteroatoms. The van der Waals surface area contributed by atoms with Crippen molar-refractivity contribution in [2.24, 2.45) is 11.8 Å². The average molecular weight is 376 g/mol. The number of nitrogens with one attached hydrogen (secondary N) is 3. The maximum atomic E-state index is 10.4. The van der Waals surface area contributed by atoms with Gasteiger partial charge < -0.3 is 15.7 Å². The van der Waals surface area contributed by atoms with Crippen molar-refractivity contribution in [2.45, 2.75) is 31.8 Å². The zero-order valence-corrected chi connectivity index (χ0v) is 15.8. The minimum Gasteiger partial charge on any atom is -0.507 e. The van der Waals surface area contributed by atoms with Crippen LogP contribution in [0.15, 0.2) is 42.7 Å². The first kappa shape index (κ1) is 17.2. The summed E-state index contributed by atoms with van der Waals surface area (Å²) in [6, 6.07) is 10.5. The van der Waals surface area contributed by atoms with E-state index in [0.717, 1.165) is 35.3 Å². The molecule has 0 amide bonds. The second-order valence-electron chi connectivity index (χ2n) is 7.96. The summed E-state index contributed by atoms with van der Waals surface area (Å²) in [7, 11) is 0. The molecule has 2 aliphatic rings. The van der Waals surface area contributed by atoms with Crippen LogP contribution < -0.4 is 10.6 Å². The molecular formula is C21H24N6O. The third kappa shape index (κ3) is 3.11. The highest BCUT2D eigenvalue weighted by atomic mass is 16.3. The van der Waals surface area contributed by atoms with Crippen LogP contribution in [-0.4, -0.2) is 44.1 Å². The molecular weight excluding hydrogens is 352 g/mol. The van der Waals surface area contributed by atoms with Crippen LogP contribution in [0.25, 0.3) is 22.4 Å². The molecule has 28 heavy (non-hydrogen) atoms. The molecule has 1 saturated carbocycles. The summed E-state index contributed by atoms with van der Waals surface area (Å²) >= 11 is 0. The van der Waals surface area contributed by atoms with E-state index in [-0.39, 0.29) is 5.75 Å². The van der Waals surface area contributed by atoms with Gasteiger partial charge in [-0.3, -0.25) is 5.10 Å². The number of phenolic OH excluding ortho intramolecular Hbond substituents is 1. The average Bonchev–Trinajstić information content (AvgIpc) is 3.42.